The van der Waals surface area contributed by atoms with Gasteiger partial charge in [-0.15, -0.1) is 0 Å². The fourth-order valence-electron chi connectivity index (χ4n) is 4.12. The Hall–Kier alpha value is -2.17. The highest BCUT2D eigenvalue weighted by Gasteiger charge is 2.39. The third-order valence-corrected chi connectivity index (χ3v) is 8.62. The van der Waals surface area contributed by atoms with E-state index >= 15 is 0 Å². The molecule has 0 radical (unpaired) electrons. The molecule has 2 N–H and O–H groups in total. The van der Waals surface area contributed by atoms with E-state index in [0.717, 1.165) is 23.3 Å². The number of hydrogen-bond acceptors (Lipinski definition) is 9. The second-order valence-corrected chi connectivity index (χ2v) is 12.2. The zero-order valence-corrected chi connectivity index (χ0v) is 23.9. The highest BCUT2D eigenvalue weighted by molar-refractivity contribution is 8.76. The first kappa shape index (κ1) is 31.1. The van der Waals surface area contributed by atoms with Gasteiger partial charge in [0.25, 0.3) is 0 Å². The predicted molar refractivity (Wildman–Crippen MR) is 147 cm³/mol. The Kier molecular flexibility index (Phi) is 12.8. The summed E-state index contributed by atoms with van der Waals surface area (Å²) in [7, 11) is 3.33. The van der Waals surface area contributed by atoms with Crippen LogP contribution in [0.4, 0.5) is 4.79 Å². The quantitative estimate of drug-likeness (QED) is 0.147. The third-order valence-electron chi connectivity index (χ3n) is 6.05. The maximum Gasteiger partial charge on any atom is 0.508 e. The topological polar surface area (TPSA) is 111 Å². The molecule has 1 amide bonds. The van der Waals surface area contributed by atoms with Crippen molar-refractivity contribution in [3.63, 3.8) is 0 Å². The molecule has 10 heteroatoms. The molecule has 0 spiro atoms. The van der Waals surface area contributed by atoms with Crippen molar-refractivity contribution in [2.24, 2.45) is 5.92 Å². The van der Waals surface area contributed by atoms with Gasteiger partial charge < -0.3 is 24.6 Å². The third kappa shape index (κ3) is 10.6. The molecule has 1 aromatic rings. The maximum absolute atomic E-state index is 13.5. The fourth-order valence-corrected chi connectivity index (χ4v) is 6.09. The SMILES string of the molecule is CCCSSCCOC(=O)OC[C@@H](C(=O)O[C@H]1C[C@](C)(O)CC(C)=C1C)[C@@H](NC(C)=O)c1ccccc1. The maximum atomic E-state index is 13.5. The van der Waals surface area contributed by atoms with Crippen LogP contribution in [0, 0.1) is 5.92 Å². The smallest absolute Gasteiger partial charge is 0.457 e. The van der Waals surface area contributed by atoms with Gasteiger partial charge in [0.05, 0.1) is 11.6 Å². The minimum absolute atomic E-state index is 0.184. The van der Waals surface area contributed by atoms with Crippen molar-refractivity contribution < 1.29 is 33.7 Å². The summed E-state index contributed by atoms with van der Waals surface area (Å²) >= 11 is 0. The summed E-state index contributed by atoms with van der Waals surface area (Å²) in [6.45, 7) is 8.79. The number of carbonyl (C=O) groups excluding carboxylic acids is 3. The van der Waals surface area contributed by atoms with Crippen molar-refractivity contribution in [3.05, 3.63) is 47.0 Å². The number of hydrogen-bond donors (Lipinski definition) is 2. The molecule has 0 heterocycles. The molecule has 0 aliphatic heterocycles. The van der Waals surface area contributed by atoms with Crippen LogP contribution >= 0.6 is 21.6 Å². The van der Waals surface area contributed by atoms with Crippen LogP contribution in [-0.4, -0.2) is 59.6 Å². The lowest BCUT2D eigenvalue weighted by Gasteiger charge is -2.36. The zero-order valence-electron chi connectivity index (χ0n) is 22.3. The van der Waals surface area contributed by atoms with E-state index in [1.165, 1.54) is 6.92 Å². The van der Waals surface area contributed by atoms with Gasteiger partial charge in [-0.25, -0.2) is 4.79 Å². The van der Waals surface area contributed by atoms with Gasteiger partial charge in [0, 0.05) is 24.9 Å². The number of aliphatic hydroxyl groups is 1. The Morgan fingerprint density at radius 1 is 1.14 bits per heavy atom. The molecule has 8 nitrogen and oxygen atoms in total. The highest BCUT2D eigenvalue weighted by Crippen LogP contribution is 2.35. The first-order chi connectivity index (χ1) is 17.5. The summed E-state index contributed by atoms with van der Waals surface area (Å²) in [4.78, 5) is 37.9. The van der Waals surface area contributed by atoms with Crippen molar-refractivity contribution in [1.82, 2.24) is 5.32 Å². The Morgan fingerprint density at radius 3 is 2.46 bits per heavy atom. The lowest BCUT2D eigenvalue weighted by molar-refractivity contribution is -0.158. The second kappa shape index (κ2) is 15.3. The molecule has 0 aromatic heterocycles. The number of benzene rings is 1. The molecule has 0 saturated carbocycles. The van der Waals surface area contributed by atoms with Gasteiger partial charge in [0.15, 0.2) is 0 Å². The average molecular weight is 554 g/mol. The van der Waals surface area contributed by atoms with E-state index < -0.39 is 35.8 Å². The molecule has 0 fully saturated rings. The van der Waals surface area contributed by atoms with Gasteiger partial charge in [-0.1, -0.05) is 64.4 Å². The normalized spacial score (nSPS) is 21.1. The molecule has 0 unspecified atom stereocenters. The first-order valence-corrected chi connectivity index (χ1v) is 15.0. The average Bonchev–Trinajstić information content (AvgIpc) is 2.83. The Morgan fingerprint density at radius 2 is 1.81 bits per heavy atom. The van der Waals surface area contributed by atoms with Crippen LogP contribution in [0.25, 0.3) is 0 Å². The Balaban J connectivity index is 2.18. The van der Waals surface area contributed by atoms with E-state index in [9.17, 15) is 19.5 Å². The number of carbonyl (C=O) groups is 3. The molecule has 0 bridgehead atoms. The van der Waals surface area contributed by atoms with Crippen LogP contribution in [-0.2, 0) is 23.8 Å². The molecule has 1 aliphatic carbocycles. The molecule has 37 heavy (non-hydrogen) atoms. The molecular formula is C27H39NO7S2. The van der Waals surface area contributed by atoms with E-state index in [4.69, 9.17) is 14.2 Å². The molecule has 206 valence electrons. The van der Waals surface area contributed by atoms with Crippen molar-refractivity contribution >= 4 is 39.6 Å². The van der Waals surface area contributed by atoms with Gasteiger partial charge in [-0.3, -0.25) is 9.59 Å². The van der Waals surface area contributed by atoms with Gasteiger partial charge in [-0.05, 0) is 44.7 Å². The number of ether oxygens (including phenoxy) is 3. The van der Waals surface area contributed by atoms with E-state index in [1.54, 1.807) is 52.8 Å². The van der Waals surface area contributed by atoms with E-state index in [-0.39, 0.29) is 25.5 Å². The van der Waals surface area contributed by atoms with Crippen LogP contribution in [0.5, 0.6) is 0 Å². The van der Waals surface area contributed by atoms with Crippen molar-refractivity contribution in [3.8, 4) is 0 Å². The van der Waals surface area contributed by atoms with Crippen LogP contribution in [0.2, 0.25) is 0 Å². The molecular weight excluding hydrogens is 514 g/mol. The number of nitrogens with one attached hydrogen (secondary N) is 1. The number of amides is 1. The summed E-state index contributed by atoms with van der Waals surface area (Å²) in [5.41, 5.74) is 1.50. The lowest BCUT2D eigenvalue weighted by Crippen LogP contribution is -2.43. The number of esters is 1. The summed E-state index contributed by atoms with van der Waals surface area (Å²) in [5.74, 6) is -0.377. The summed E-state index contributed by atoms with van der Waals surface area (Å²) in [5, 5.41) is 13.5. The van der Waals surface area contributed by atoms with E-state index in [0.29, 0.717) is 17.7 Å². The van der Waals surface area contributed by atoms with Crippen LogP contribution in [0.3, 0.4) is 0 Å². The molecule has 4 atom stereocenters. The zero-order chi connectivity index (χ0) is 27.4. The minimum atomic E-state index is -1.03. The summed E-state index contributed by atoms with van der Waals surface area (Å²) in [6.07, 6.45) is 0.306. The monoisotopic (exact) mass is 553 g/mol. The number of rotatable bonds is 13. The van der Waals surface area contributed by atoms with E-state index in [1.807, 2.05) is 19.9 Å². The fraction of sp³-hybridized carbons (Fsp3) is 0.593. The molecule has 0 saturated heterocycles. The standard InChI is InChI=1S/C27H39NO7S2/c1-6-13-36-37-14-12-33-26(31)34-17-22(24(28-20(4)29)21-10-8-7-9-11-21)25(30)35-23-16-27(5,32)15-18(2)19(23)3/h7-11,22-24,32H,6,12-17H2,1-5H3,(H,28,29)/t22-,23+,24+,27-/m1/s1. The van der Waals surface area contributed by atoms with Gasteiger partial charge in [0.1, 0.15) is 25.2 Å². The predicted octanol–water partition coefficient (Wildman–Crippen LogP) is 5.22. The lowest BCUT2D eigenvalue weighted by atomic mass is 9.81. The summed E-state index contributed by atoms with van der Waals surface area (Å²) in [6, 6.07) is 8.19. The van der Waals surface area contributed by atoms with Gasteiger partial charge >= 0.3 is 12.1 Å². The molecule has 2 rings (SSSR count). The minimum Gasteiger partial charge on any atom is -0.457 e. The summed E-state index contributed by atoms with van der Waals surface area (Å²) < 4.78 is 16.4. The van der Waals surface area contributed by atoms with E-state index in [2.05, 4.69) is 12.2 Å². The Bertz CT molecular complexity index is 936. The van der Waals surface area contributed by atoms with Crippen molar-refractivity contribution in [2.75, 3.05) is 24.7 Å². The van der Waals surface area contributed by atoms with Gasteiger partial charge in [-0.2, -0.15) is 0 Å². The van der Waals surface area contributed by atoms with Crippen molar-refractivity contribution in [2.45, 2.75) is 71.6 Å². The van der Waals surface area contributed by atoms with Crippen LogP contribution in [0.15, 0.2) is 41.5 Å². The Labute approximate surface area is 227 Å². The molecule has 1 aromatic carbocycles. The first-order valence-electron chi connectivity index (χ1n) is 12.5. The van der Waals surface area contributed by atoms with Crippen molar-refractivity contribution in [1.29, 1.82) is 0 Å². The molecule has 1 aliphatic rings. The highest BCUT2D eigenvalue weighted by atomic mass is 33.1. The van der Waals surface area contributed by atoms with Crippen LogP contribution < -0.4 is 5.32 Å². The van der Waals surface area contributed by atoms with Crippen LogP contribution in [0.1, 0.15) is 65.5 Å². The largest absolute Gasteiger partial charge is 0.508 e. The van der Waals surface area contributed by atoms with Gasteiger partial charge in [0.2, 0.25) is 5.91 Å². The second-order valence-electron chi connectivity index (χ2n) is 9.52.